The van der Waals surface area contributed by atoms with Gasteiger partial charge in [0, 0.05) is 11.7 Å². The number of anilines is 1. The van der Waals surface area contributed by atoms with Crippen molar-refractivity contribution in [3.05, 3.63) is 29.3 Å². The molecule has 1 saturated carbocycles. The molecular formula is C13H13F3N2O3. The van der Waals surface area contributed by atoms with Gasteiger partial charge in [0.1, 0.15) is 0 Å². The molecule has 2 rings (SSSR count). The number of hydrogen-bond acceptors (Lipinski definition) is 3. The Bertz CT molecular complexity index is 568. The second kappa shape index (κ2) is 5.63. The largest absolute Gasteiger partial charge is 0.478 e. The van der Waals surface area contributed by atoms with Gasteiger partial charge in [0.15, 0.2) is 0 Å². The third-order valence-corrected chi connectivity index (χ3v) is 2.96. The molecule has 8 heteroatoms. The number of alkyl halides is 3. The van der Waals surface area contributed by atoms with E-state index in [1.54, 1.807) is 0 Å². The quantitative estimate of drug-likeness (QED) is 0.778. The molecule has 0 spiro atoms. The molecule has 1 amide bonds. The van der Waals surface area contributed by atoms with E-state index in [2.05, 4.69) is 10.6 Å². The van der Waals surface area contributed by atoms with Gasteiger partial charge < -0.3 is 15.7 Å². The number of rotatable bonds is 5. The first-order valence-electron chi connectivity index (χ1n) is 6.25. The molecule has 0 radical (unpaired) electrons. The Balaban J connectivity index is 2.10. The van der Waals surface area contributed by atoms with E-state index in [4.69, 9.17) is 5.11 Å². The van der Waals surface area contributed by atoms with Crippen LogP contribution in [0.5, 0.6) is 0 Å². The minimum Gasteiger partial charge on any atom is -0.478 e. The summed E-state index contributed by atoms with van der Waals surface area (Å²) in [6.45, 7) is -0.192. The summed E-state index contributed by atoms with van der Waals surface area (Å²) in [5.74, 6) is -1.82. The Hall–Kier alpha value is -2.25. The van der Waals surface area contributed by atoms with Crippen LogP contribution in [0.25, 0.3) is 0 Å². The second-order valence-corrected chi connectivity index (χ2v) is 4.76. The van der Waals surface area contributed by atoms with Gasteiger partial charge >= 0.3 is 12.1 Å². The van der Waals surface area contributed by atoms with Gasteiger partial charge in [0.05, 0.1) is 17.7 Å². The van der Waals surface area contributed by atoms with Crippen LogP contribution in [-0.4, -0.2) is 29.6 Å². The van der Waals surface area contributed by atoms with Crippen LogP contribution in [0.4, 0.5) is 18.9 Å². The molecule has 114 valence electrons. The molecule has 0 bridgehead atoms. The van der Waals surface area contributed by atoms with Gasteiger partial charge in [-0.05, 0) is 31.0 Å². The predicted molar refractivity (Wildman–Crippen MR) is 68.1 cm³/mol. The average Bonchev–Trinajstić information content (AvgIpc) is 3.18. The molecule has 3 N–H and O–H groups in total. The van der Waals surface area contributed by atoms with Gasteiger partial charge in [0.25, 0.3) is 0 Å². The summed E-state index contributed by atoms with van der Waals surface area (Å²) in [4.78, 5) is 22.5. The molecule has 0 atom stereocenters. The molecule has 1 aliphatic rings. The summed E-state index contributed by atoms with van der Waals surface area (Å²) < 4.78 is 37.6. The van der Waals surface area contributed by atoms with E-state index in [-0.39, 0.29) is 24.2 Å². The maximum atomic E-state index is 12.5. The van der Waals surface area contributed by atoms with Crippen molar-refractivity contribution < 1.29 is 27.9 Å². The van der Waals surface area contributed by atoms with E-state index < -0.39 is 23.3 Å². The van der Waals surface area contributed by atoms with Crippen LogP contribution >= 0.6 is 0 Å². The van der Waals surface area contributed by atoms with Crippen molar-refractivity contribution in [1.82, 2.24) is 5.32 Å². The molecule has 1 aromatic carbocycles. The Morgan fingerprint density at radius 3 is 2.48 bits per heavy atom. The normalized spacial score (nSPS) is 14.6. The number of amides is 1. The fraction of sp³-hybridized carbons (Fsp3) is 0.385. The van der Waals surface area contributed by atoms with Crippen LogP contribution < -0.4 is 10.6 Å². The maximum Gasteiger partial charge on any atom is 0.416 e. The van der Waals surface area contributed by atoms with Gasteiger partial charge in [-0.25, -0.2) is 4.79 Å². The molecule has 1 aliphatic carbocycles. The number of carbonyl (C=O) groups is 2. The van der Waals surface area contributed by atoms with Crippen LogP contribution in [0, 0.1) is 0 Å². The first-order chi connectivity index (χ1) is 9.77. The Kier molecular flexibility index (Phi) is 4.06. The minimum absolute atomic E-state index is 0.0264. The highest BCUT2D eigenvalue weighted by molar-refractivity contribution is 5.95. The number of carboxylic acids is 1. The van der Waals surface area contributed by atoms with Crippen molar-refractivity contribution in [1.29, 1.82) is 0 Å². The number of nitrogens with one attached hydrogen (secondary N) is 2. The summed E-state index contributed by atoms with van der Waals surface area (Å²) in [6.07, 6.45) is -2.80. The molecule has 1 aromatic rings. The predicted octanol–water partition coefficient (Wildman–Crippen LogP) is 2.09. The zero-order valence-electron chi connectivity index (χ0n) is 10.8. The van der Waals surface area contributed by atoms with E-state index in [0.717, 1.165) is 25.0 Å². The van der Waals surface area contributed by atoms with E-state index in [9.17, 15) is 22.8 Å². The number of carbonyl (C=O) groups excluding carboxylic acids is 1. The summed E-state index contributed by atoms with van der Waals surface area (Å²) in [7, 11) is 0. The van der Waals surface area contributed by atoms with E-state index in [0.29, 0.717) is 6.07 Å². The average molecular weight is 302 g/mol. The molecule has 21 heavy (non-hydrogen) atoms. The van der Waals surface area contributed by atoms with Crippen LogP contribution in [0.1, 0.15) is 28.8 Å². The Labute approximate surface area is 118 Å². The number of benzene rings is 1. The van der Waals surface area contributed by atoms with E-state index in [1.807, 2.05) is 0 Å². The zero-order chi connectivity index (χ0) is 15.6. The molecule has 1 fully saturated rings. The third-order valence-electron chi connectivity index (χ3n) is 2.96. The summed E-state index contributed by atoms with van der Waals surface area (Å²) >= 11 is 0. The fourth-order valence-electron chi connectivity index (χ4n) is 1.73. The number of carboxylic acid groups (broad SMARTS) is 1. The van der Waals surface area contributed by atoms with Gasteiger partial charge in [-0.2, -0.15) is 13.2 Å². The van der Waals surface area contributed by atoms with Crippen molar-refractivity contribution in [2.45, 2.75) is 25.1 Å². The maximum absolute atomic E-state index is 12.5. The lowest BCUT2D eigenvalue weighted by Crippen LogP contribution is -2.31. The lowest BCUT2D eigenvalue weighted by molar-refractivity contribution is -0.137. The van der Waals surface area contributed by atoms with Crippen LogP contribution in [0.15, 0.2) is 18.2 Å². The van der Waals surface area contributed by atoms with Crippen molar-refractivity contribution >= 4 is 17.6 Å². The summed E-state index contributed by atoms with van der Waals surface area (Å²) in [5.41, 5.74) is -1.60. The highest BCUT2D eigenvalue weighted by Crippen LogP contribution is 2.31. The lowest BCUT2D eigenvalue weighted by atomic mass is 10.1. The first kappa shape index (κ1) is 15.1. The number of hydrogen-bond donors (Lipinski definition) is 3. The highest BCUT2D eigenvalue weighted by atomic mass is 19.4. The van der Waals surface area contributed by atoms with Crippen molar-refractivity contribution in [2.24, 2.45) is 0 Å². The smallest absolute Gasteiger partial charge is 0.416 e. The van der Waals surface area contributed by atoms with Crippen LogP contribution in [0.3, 0.4) is 0 Å². The Morgan fingerprint density at radius 1 is 1.29 bits per heavy atom. The van der Waals surface area contributed by atoms with Crippen LogP contribution in [-0.2, 0) is 11.0 Å². The minimum atomic E-state index is -4.62. The van der Waals surface area contributed by atoms with Crippen molar-refractivity contribution in [3.8, 4) is 0 Å². The fourth-order valence-corrected chi connectivity index (χ4v) is 1.73. The topological polar surface area (TPSA) is 78.4 Å². The zero-order valence-corrected chi connectivity index (χ0v) is 10.8. The number of halogens is 3. The molecular weight excluding hydrogens is 289 g/mol. The van der Waals surface area contributed by atoms with Gasteiger partial charge in [0.2, 0.25) is 5.91 Å². The first-order valence-corrected chi connectivity index (χ1v) is 6.25. The molecule has 0 aliphatic heterocycles. The molecule has 0 unspecified atom stereocenters. The molecule has 0 aromatic heterocycles. The Morgan fingerprint density at radius 2 is 1.95 bits per heavy atom. The molecule has 5 nitrogen and oxygen atoms in total. The van der Waals surface area contributed by atoms with Gasteiger partial charge in [-0.3, -0.25) is 4.79 Å². The van der Waals surface area contributed by atoms with E-state index >= 15 is 0 Å². The van der Waals surface area contributed by atoms with E-state index in [1.165, 1.54) is 0 Å². The van der Waals surface area contributed by atoms with Gasteiger partial charge in [-0.1, -0.05) is 0 Å². The summed E-state index contributed by atoms with van der Waals surface area (Å²) in [5, 5.41) is 14.2. The molecule has 0 saturated heterocycles. The second-order valence-electron chi connectivity index (χ2n) is 4.76. The van der Waals surface area contributed by atoms with Crippen molar-refractivity contribution in [2.75, 3.05) is 11.9 Å². The third kappa shape index (κ3) is 4.11. The summed E-state index contributed by atoms with van der Waals surface area (Å²) in [6, 6.07) is 2.49. The molecule has 0 heterocycles. The van der Waals surface area contributed by atoms with Crippen LogP contribution in [0.2, 0.25) is 0 Å². The standard InChI is InChI=1S/C13H13F3N2O3/c14-13(15,16)7-1-4-10(9(5-7)12(20)21)17-6-11(19)18-8-2-3-8/h1,4-5,8,17H,2-3,6H2,(H,18,19)(H,20,21). The van der Waals surface area contributed by atoms with Crippen molar-refractivity contribution in [3.63, 3.8) is 0 Å². The lowest BCUT2D eigenvalue weighted by Gasteiger charge is -2.13. The number of aromatic carboxylic acids is 1. The monoisotopic (exact) mass is 302 g/mol. The highest BCUT2D eigenvalue weighted by Gasteiger charge is 2.32. The SMILES string of the molecule is O=C(CNc1ccc(C(F)(F)F)cc1C(=O)O)NC1CC1. The van der Waals surface area contributed by atoms with Gasteiger partial charge in [-0.15, -0.1) is 0 Å².